The lowest BCUT2D eigenvalue weighted by Crippen LogP contribution is -2.28. The van der Waals surface area contributed by atoms with Crippen LogP contribution < -0.4 is 14.8 Å². The first-order valence-electron chi connectivity index (χ1n) is 8.61. The monoisotopic (exact) mass is 329 g/mol. The maximum atomic E-state index is 5.67. The Morgan fingerprint density at radius 3 is 2.96 bits per heavy atom. The topological polar surface area (TPSA) is 68.4 Å². The number of nitrogens with one attached hydrogen (secondary N) is 2. The first-order valence-corrected chi connectivity index (χ1v) is 8.61. The molecule has 0 aliphatic carbocycles. The van der Waals surface area contributed by atoms with Crippen molar-refractivity contribution < 1.29 is 14.2 Å². The van der Waals surface area contributed by atoms with Gasteiger partial charge in [-0.3, -0.25) is 5.10 Å². The molecule has 2 aromatic rings. The van der Waals surface area contributed by atoms with Gasteiger partial charge in [0.05, 0.1) is 18.5 Å². The van der Waals surface area contributed by atoms with Crippen molar-refractivity contribution in [3.63, 3.8) is 0 Å². The number of ether oxygens (including phenoxy) is 3. The molecular weight excluding hydrogens is 306 g/mol. The lowest BCUT2D eigenvalue weighted by atomic mass is 10.0. The van der Waals surface area contributed by atoms with Crippen LogP contribution in [0.15, 0.2) is 24.4 Å². The number of rotatable bonds is 5. The minimum atomic E-state index is 0.595. The van der Waals surface area contributed by atoms with Crippen molar-refractivity contribution in [3.8, 4) is 22.8 Å². The maximum absolute atomic E-state index is 5.67. The fourth-order valence-electron chi connectivity index (χ4n) is 3.27. The van der Waals surface area contributed by atoms with Gasteiger partial charge in [0, 0.05) is 30.8 Å². The number of nitrogens with zero attached hydrogens (tertiary/aromatic N) is 1. The predicted molar refractivity (Wildman–Crippen MR) is 90.3 cm³/mol. The Balaban J connectivity index is 1.42. The van der Waals surface area contributed by atoms with Gasteiger partial charge in [-0.1, -0.05) is 0 Å². The van der Waals surface area contributed by atoms with Crippen molar-refractivity contribution in [2.45, 2.75) is 19.4 Å². The number of benzene rings is 1. The van der Waals surface area contributed by atoms with E-state index in [-0.39, 0.29) is 0 Å². The van der Waals surface area contributed by atoms with Crippen LogP contribution in [0.25, 0.3) is 11.3 Å². The van der Waals surface area contributed by atoms with Crippen LogP contribution in [0.4, 0.5) is 0 Å². The summed E-state index contributed by atoms with van der Waals surface area (Å²) >= 11 is 0. The van der Waals surface area contributed by atoms with Crippen molar-refractivity contribution in [3.05, 3.63) is 30.0 Å². The Morgan fingerprint density at radius 2 is 2.08 bits per heavy atom. The smallest absolute Gasteiger partial charge is 0.162 e. The first kappa shape index (κ1) is 15.5. The molecule has 3 heterocycles. The minimum Gasteiger partial charge on any atom is -0.486 e. The summed E-state index contributed by atoms with van der Waals surface area (Å²) in [6.45, 7) is 4.75. The van der Waals surface area contributed by atoms with E-state index >= 15 is 0 Å². The lowest BCUT2D eigenvalue weighted by Gasteiger charge is -2.22. The van der Waals surface area contributed by atoms with E-state index in [0.29, 0.717) is 19.1 Å². The number of fused-ring (bicyclic) bond motifs is 1. The molecule has 4 rings (SSSR count). The molecule has 2 aliphatic heterocycles. The second-order valence-corrected chi connectivity index (χ2v) is 6.34. The van der Waals surface area contributed by atoms with Crippen molar-refractivity contribution in [1.82, 2.24) is 15.5 Å². The third-order valence-electron chi connectivity index (χ3n) is 4.55. The molecule has 0 bridgehead atoms. The van der Waals surface area contributed by atoms with Crippen LogP contribution in [0, 0.1) is 5.92 Å². The SMILES string of the molecule is c1cc2c(cc1-c1[nH]ncc1CNCC1CCCOC1)OCCO2. The average molecular weight is 329 g/mol. The molecular formula is C18H23N3O3. The average Bonchev–Trinajstić information content (AvgIpc) is 3.11. The quantitative estimate of drug-likeness (QED) is 0.881. The van der Waals surface area contributed by atoms with E-state index in [1.54, 1.807) is 0 Å². The molecule has 1 fully saturated rings. The van der Waals surface area contributed by atoms with Crippen molar-refractivity contribution in [2.24, 2.45) is 5.92 Å². The molecule has 2 N–H and O–H groups in total. The van der Waals surface area contributed by atoms with Crippen molar-refractivity contribution in [1.29, 1.82) is 0 Å². The highest BCUT2D eigenvalue weighted by molar-refractivity contribution is 5.66. The van der Waals surface area contributed by atoms with Crippen LogP contribution in [-0.2, 0) is 11.3 Å². The Morgan fingerprint density at radius 1 is 1.17 bits per heavy atom. The van der Waals surface area contributed by atoms with Crippen LogP contribution in [0.5, 0.6) is 11.5 Å². The van der Waals surface area contributed by atoms with E-state index in [0.717, 1.165) is 54.6 Å². The van der Waals surface area contributed by atoms with Gasteiger partial charge in [-0.2, -0.15) is 5.10 Å². The minimum absolute atomic E-state index is 0.595. The summed E-state index contributed by atoms with van der Waals surface area (Å²) in [7, 11) is 0. The number of aromatic nitrogens is 2. The molecule has 1 atom stereocenters. The molecule has 6 nitrogen and oxygen atoms in total. The largest absolute Gasteiger partial charge is 0.486 e. The van der Waals surface area contributed by atoms with E-state index in [4.69, 9.17) is 14.2 Å². The number of H-pyrrole nitrogens is 1. The summed E-state index contributed by atoms with van der Waals surface area (Å²) in [5, 5.41) is 10.9. The van der Waals surface area contributed by atoms with Crippen LogP contribution in [-0.4, -0.2) is 43.2 Å². The zero-order valence-corrected chi connectivity index (χ0v) is 13.7. The van der Waals surface area contributed by atoms with E-state index in [2.05, 4.69) is 15.5 Å². The molecule has 6 heteroatoms. The summed E-state index contributed by atoms with van der Waals surface area (Å²) in [5.74, 6) is 2.22. The summed E-state index contributed by atoms with van der Waals surface area (Å²) in [5.41, 5.74) is 3.25. The second-order valence-electron chi connectivity index (χ2n) is 6.34. The summed E-state index contributed by atoms with van der Waals surface area (Å²) in [6, 6.07) is 6.02. The van der Waals surface area contributed by atoms with Gasteiger partial charge >= 0.3 is 0 Å². The van der Waals surface area contributed by atoms with Crippen LogP contribution in [0.1, 0.15) is 18.4 Å². The zero-order valence-electron chi connectivity index (χ0n) is 13.7. The molecule has 0 radical (unpaired) electrons. The second kappa shape index (κ2) is 7.23. The predicted octanol–water partition coefficient (Wildman–Crippen LogP) is 2.36. The number of hydrogen-bond donors (Lipinski definition) is 2. The summed E-state index contributed by atoms with van der Waals surface area (Å²) in [6.07, 6.45) is 4.30. The third-order valence-corrected chi connectivity index (χ3v) is 4.55. The van der Waals surface area contributed by atoms with Crippen LogP contribution in [0.2, 0.25) is 0 Å². The van der Waals surface area contributed by atoms with Gasteiger partial charge in [-0.15, -0.1) is 0 Å². The zero-order chi connectivity index (χ0) is 16.2. The number of aromatic amines is 1. The van der Waals surface area contributed by atoms with E-state index < -0.39 is 0 Å². The molecule has 1 saturated heterocycles. The van der Waals surface area contributed by atoms with Gasteiger partial charge in [0.15, 0.2) is 11.5 Å². The molecule has 128 valence electrons. The van der Waals surface area contributed by atoms with Crippen LogP contribution in [0.3, 0.4) is 0 Å². The normalized spacial score (nSPS) is 20.1. The van der Waals surface area contributed by atoms with Crippen LogP contribution >= 0.6 is 0 Å². The van der Waals surface area contributed by atoms with Gasteiger partial charge in [-0.05, 0) is 37.0 Å². The summed E-state index contributed by atoms with van der Waals surface area (Å²) in [4.78, 5) is 0. The van der Waals surface area contributed by atoms with Crippen molar-refractivity contribution in [2.75, 3.05) is 33.0 Å². The molecule has 1 unspecified atom stereocenters. The highest BCUT2D eigenvalue weighted by Crippen LogP contribution is 2.34. The summed E-state index contributed by atoms with van der Waals surface area (Å²) < 4.78 is 16.8. The standard InChI is InChI=1S/C18H23N3O3/c1-2-13(12-22-5-1)9-19-10-15-11-20-21-18(15)14-3-4-16-17(8-14)24-7-6-23-16/h3-4,8,11,13,19H,1-2,5-7,9-10,12H2,(H,20,21). The Bertz CT molecular complexity index is 680. The molecule has 0 amide bonds. The van der Waals surface area contributed by atoms with Gasteiger partial charge in [0.25, 0.3) is 0 Å². The molecule has 1 aromatic heterocycles. The van der Waals surface area contributed by atoms with E-state index in [9.17, 15) is 0 Å². The van der Waals surface area contributed by atoms with Gasteiger partial charge < -0.3 is 19.5 Å². The molecule has 24 heavy (non-hydrogen) atoms. The molecule has 2 aliphatic rings. The van der Waals surface area contributed by atoms with Crippen molar-refractivity contribution >= 4 is 0 Å². The fraction of sp³-hybridized carbons (Fsp3) is 0.500. The van der Waals surface area contributed by atoms with E-state index in [1.807, 2.05) is 24.4 Å². The fourth-order valence-corrected chi connectivity index (χ4v) is 3.27. The highest BCUT2D eigenvalue weighted by Gasteiger charge is 2.16. The highest BCUT2D eigenvalue weighted by atomic mass is 16.6. The Kier molecular flexibility index (Phi) is 4.66. The Labute approximate surface area is 141 Å². The Hall–Kier alpha value is -2.05. The third kappa shape index (κ3) is 3.39. The maximum Gasteiger partial charge on any atom is 0.162 e. The molecule has 1 aromatic carbocycles. The van der Waals surface area contributed by atoms with E-state index in [1.165, 1.54) is 12.8 Å². The molecule has 0 spiro atoms. The lowest BCUT2D eigenvalue weighted by molar-refractivity contribution is 0.0547. The van der Waals surface area contributed by atoms with Gasteiger partial charge in [0.1, 0.15) is 13.2 Å². The first-order chi connectivity index (χ1) is 11.9. The number of hydrogen-bond acceptors (Lipinski definition) is 5. The molecule has 0 saturated carbocycles. The van der Waals surface area contributed by atoms with Gasteiger partial charge in [0.2, 0.25) is 0 Å². The van der Waals surface area contributed by atoms with Gasteiger partial charge in [-0.25, -0.2) is 0 Å².